The molecule has 0 saturated carbocycles. The van der Waals surface area contributed by atoms with Gasteiger partial charge in [0.05, 0.1) is 31.5 Å². The van der Waals surface area contributed by atoms with Gasteiger partial charge < -0.3 is 14.5 Å². The van der Waals surface area contributed by atoms with E-state index in [0.717, 1.165) is 24.0 Å². The topological polar surface area (TPSA) is 55.2 Å². The summed E-state index contributed by atoms with van der Waals surface area (Å²) in [6, 6.07) is 10.5. The van der Waals surface area contributed by atoms with E-state index in [0.29, 0.717) is 18.1 Å². The summed E-state index contributed by atoms with van der Waals surface area (Å²) < 4.78 is 12.8. The number of H-pyrrole nitrogens is 1. The smallest absolute Gasteiger partial charge is 0.337 e. The van der Waals surface area contributed by atoms with E-state index >= 15 is 0 Å². The molecule has 5 heteroatoms. The normalized spacial score (nSPS) is 22.0. The molecule has 1 unspecified atom stereocenters. The minimum Gasteiger partial charge on any atom is -0.500 e. The first kappa shape index (κ1) is 14.5. The first-order valence-corrected chi connectivity index (χ1v) is 8.58. The summed E-state index contributed by atoms with van der Waals surface area (Å²) in [5.41, 5.74) is 4.20. The molecule has 0 spiro atoms. The van der Waals surface area contributed by atoms with Crippen molar-refractivity contribution in [3.63, 3.8) is 0 Å². The highest BCUT2D eigenvalue weighted by Gasteiger charge is 2.42. The summed E-state index contributed by atoms with van der Waals surface area (Å²) in [5, 5.41) is 2.47. The molecule has 2 aromatic heterocycles. The molecular formula is C20H19N2O3+. The van der Waals surface area contributed by atoms with Gasteiger partial charge in [0, 0.05) is 34.7 Å². The van der Waals surface area contributed by atoms with Crippen LogP contribution in [0.3, 0.4) is 0 Å². The summed E-state index contributed by atoms with van der Waals surface area (Å²) in [6.07, 6.45) is 4.55. The molecule has 3 aromatic rings. The number of carbonyl (C=O) groups is 1. The molecule has 5 nitrogen and oxygen atoms in total. The summed E-state index contributed by atoms with van der Waals surface area (Å²) in [7, 11) is 1.42. The maximum atomic E-state index is 12.2. The highest BCUT2D eigenvalue weighted by Crippen LogP contribution is 2.35. The van der Waals surface area contributed by atoms with Crippen LogP contribution in [0.15, 0.2) is 48.4 Å². The standard InChI is InChI=1S/C20H18N2O3/c1-24-20(23)16-11-25-10-12-9-22-7-6-14-13-4-2-3-5-17(13)21-19(14)18(22)8-15(12)16/h2-7,11-12,15H,8-10H2,1H3/p+1/t12-,15?/m1/s1. The van der Waals surface area contributed by atoms with Crippen LogP contribution in [0.2, 0.25) is 0 Å². The highest BCUT2D eigenvalue weighted by atomic mass is 16.5. The Morgan fingerprint density at radius 3 is 3.04 bits per heavy atom. The van der Waals surface area contributed by atoms with Crippen molar-refractivity contribution in [2.45, 2.75) is 13.0 Å². The van der Waals surface area contributed by atoms with E-state index in [9.17, 15) is 4.79 Å². The van der Waals surface area contributed by atoms with Crippen molar-refractivity contribution in [1.82, 2.24) is 4.98 Å². The lowest BCUT2D eigenvalue weighted by Gasteiger charge is -2.32. The van der Waals surface area contributed by atoms with Crippen LogP contribution in [0.25, 0.3) is 21.8 Å². The highest BCUT2D eigenvalue weighted by molar-refractivity contribution is 6.07. The summed E-state index contributed by atoms with van der Waals surface area (Å²) in [5.74, 6) is 0.142. The van der Waals surface area contributed by atoms with E-state index in [-0.39, 0.29) is 11.9 Å². The van der Waals surface area contributed by atoms with Gasteiger partial charge in [-0.1, -0.05) is 18.2 Å². The molecule has 0 aliphatic carbocycles. The van der Waals surface area contributed by atoms with Crippen LogP contribution in [0.1, 0.15) is 5.69 Å². The summed E-state index contributed by atoms with van der Waals surface area (Å²) in [6.45, 7) is 1.49. The SMILES string of the molecule is COC(=O)C1=COC[C@H]2C[n+]3ccc4c([nH]c5ccccc54)c3CC12. The van der Waals surface area contributed by atoms with Crippen molar-refractivity contribution in [3.05, 3.63) is 54.1 Å². The fourth-order valence-electron chi connectivity index (χ4n) is 4.31. The van der Waals surface area contributed by atoms with Crippen LogP contribution >= 0.6 is 0 Å². The zero-order valence-electron chi connectivity index (χ0n) is 14.0. The third-order valence-corrected chi connectivity index (χ3v) is 5.56. The van der Waals surface area contributed by atoms with Crippen molar-refractivity contribution < 1.29 is 18.8 Å². The third-order valence-electron chi connectivity index (χ3n) is 5.56. The summed E-state index contributed by atoms with van der Waals surface area (Å²) >= 11 is 0. The van der Waals surface area contributed by atoms with Gasteiger partial charge in [0.25, 0.3) is 0 Å². The molecule has 126 valence electrons. The molecule has 2 aliphatic heterocycles. The second kappa shape index (κ2) is 5.34. The fraction of sp³-hybridized carbons (Fsp3) is 0.300. The van der Waals surface area contributed by atoms with Crippen molar-refractivity contribution in [2.24, 2.45) is 11.8 Å². The number of hydrogen-bond donors (Lipinski definition) is 1. The number of esters is 1. The predicted molar refractivity (Wildman–Crippen MR) is 92.7 cm³/mol. The number of para-hydroxylation sites is 1. The zero-order valence-corrected chi connectivity index (χ0v) is 14.0. The number of nitrogens with zero attached hydrogens (tertiary/aromatic N) is 1. The lowest BCUT2D eigenvalue weighted by Crippen LogP contribution is -2.51. The van der Waals surface area contributed by atoms with Crippen molar-refractivity contribution in [2.75, 3.05) is 13.7 Å². The number of methoxy groups -OCH3 is 1. The van der Waals surface area contributed by atoms with Gasteiger partial charge in [-0.2, -0.15) is 0 Å². The van der Waals surface area contributed by atoms with Gasteiger partial charge >= 0.3 is 5.97 Å². The Bertz CT molecular complexity index is 1030. The molecule has 0 bridgehead atoms. The molecule has 2 atom stereocenters. The molecule has 0 radical (unpaired) electrons. The molecule has 0 fully saturated rings. The van der Waals surface area contributed by atoms with Crippen molar-refractivity contribution in [3.8, 4) is 0 Å². The maximum absolute atomic E-state index is 12.2. The lowest BCUT2D eigenvalue weighted by atomic mass is 9.79. The number of fused-ring (bicyclic) bond motifs is 6. The monoisotopic (exact) mass is 335 g/mol. The average molecular weight is 335 g/mol. The number of rotatable bonds is 1. The molecule has 0 amide bonds. The number of benzene rings is 1. The third kappa shape index (κ3) is 2.08. The second-order valence-electron chi connectivity index (χ2n) is 6.84. The minimum atomic E-state index is -0.285. The molecule has 5 rings (SSSR count). The van der Waals surface area contributed by atoms with E-state index in [2.05, 4.69) is 40.0 Å². The Balaban J connectivity index is 1.67. The van der Waals surface area contributed by atoms with Gasteiger partial charge in [-0.3, -0.25) is 0 Å². The van der Waals surface area contributed by atoms with Gasteiger partial charge in [-0.05, 0) is 6.07 Å². The molecule has 4 heterocycles. The predicted octanol–water partition coefficient (Wildman–Crippen LogP) is 2.48. The van der Waals surface area contributed by atoms with Gasteiger partial charge in [-0.25, -0.2) is 9.36 Å². The first-order chi connectivity index (χ1) is 12.3. The Morgan fingerprint density at radius 2 is 2.16 bits per heavy atom. The Hall–Kier alpha value is -2.82. The molecular weight excluding hydrogens is 316 g/mol. The van der Waals surface area contributed by atoms with Crippen LogP contribution in [0.5, 0.6) is 0 Å². The van der Waals surface area contributed by atoms with E-state index in [1.807, 2.05) is 6.07 Å². The summed E-state index contributed by atoms with van der Waals surface area (Å²) in [4.78, 5) is 15.7. The van der Waals surface area contributed by atoms with Crippen LogP contribution in [0.4, 0.5) is 0 Å². The van der Waals surface area contributed by atoms with Crippen molar-refractivity contribution >= 4 is 27.8 Å². The Labute approximate surface area is 144 Å². The van der Waals surface area contributed by atoms with Crippen LogP contribution < -0.4 is 4.57 Å². The fourth-order valence-corrected chi connectivity index (χ4v) is 4.31. The number of hydrogen-bond acceptors (Lipinski definition) is 3. The molecule has 0 saturated heterocycles. The van der Waals surface area contributed by atoms with Gasteiger partial charge in [0.15, 0.2) is 12.7 Å². The second-order valence-corrected chi connectivity index (χ2v) is 6.84. The molecule has 1 aromatic carbocycles. The van der Waals surface area contributed by atoms with E-state index in [4.69, 9.17) is 9.47 Å². The quantitative estimate of drug-likeness (QED) is 0.549. The molecule has 2 aliphatic rings. The lowest BCUT2D eigenvalue weighted by molar-refractivity contribution is -0.716. The Morgan fingerprint density at radius 1 is 1.28 bits per heavy atom. The first-order valence-electron chi connectivity index (χ1n) is 8.58. The van der Waals surface area contributed by atoms with Crippen LogP contribution in [-0.2, 0) is 27.2 Å². The zero-order chi connectivity index (χ0) is 17.0. The van der Waals surface area contributed by atoms with E-state index in [1.54, 1.807) is 6.26 Å². The number of nitrogens with one attached hydrogen (secondary N) is 1. The van der Waals surface area contributed by atoms with E-state index < -0.39 is 0 Å². The van der Waals surface area contributed by atoms with E-state index in [1.165, 1.54) is 23.6 Å². The van der Waals surface area contributed by atoms with Gasteiger partial charge in [0.1, 0.15) is 5.52 Å². The average Bonchev–Trinajstić information content (AvgIpc) is 3.04. The van der Waals surface area contributed by atoms with Gasteiger partial charge in [-0.15, -0.1) is 0 Å². The van der Waals surface area contributed by atoms with Gasteiger partial charge in [0.2, 0.25) is 5.69 Å². The maximum Gasteiger partial charge on any atom is 0.337 e. The minimum absolute atomic E-state index is 0.137. The molecule has 25 heavy (non-hydrogen) atoms. The number of aromatic amines is 1. The van der Waals surface area contributed by atoms with Crippen molar-refractivity contribution in [1.29, 1.82) is 0 Å². The number of aromatic nitrogens is 2. The Kier molecular flexibility index (Phi) is 3.10. The van der Waals surface area contributed by atoms with Crippen LogP contribution in [-0.4, -0.2) is 24.7 Å². The number of ether oxygens (including phenoxy) is 2. The van der Waals surface area contributed by atoms with Crippen LogP contribution in [0, 0.1) is 11.8 Å². The molecule has 1 N–H and O–H groups in total. The number of pyridine rings is 1. The number of carbonyl (C=O) groups excluding carboxylic acids is 1. The largest absolute Gasteiger partial charge is 0.500 e.